The maximum atomic E-state index is 10.9. The van der Waals surface area contributed by atoms with Crippen molar-refractivity contribution in [2.75, 3.05) is 0 Å². The van der Waals surface area contributed by atoms with Gasteiger partial charge in [0.05, 0.1) is 6.10 Å². The van der Waals surface area contributed by atoms with Gasteiger partial charge in [0, 0.05) is 6.04 Å². The number of aliphatic carboxylic acids is 1. The van der Waals surface area contributed by atoms with Crippen LogP contribution in [0.2, 0.25) is 0 Å². The van der Waals surface area contributed by atoms with Crippen LogP contribution in [-0.4, -0.2) is 34.4 Å². The molecule has 0 radical (unpaired) electrons. The van der Waals surface area contributed by atoms with Crippen LogP contribution in [0.5, 0.6) is 0 Å². The van der Waals surface area contributed by atoms with Gasteiger partial charge in [-0.2, -0.15) is 0 Å². The molecule has 0 bridgehead atoms. The maximum Gasteiger partial charge on any atom is 0.320 e. The van der Waals surface area contributed by atoms with Gasteiger partial charge in [0.2, 0.25) is 0 Å². The SMILES string of the molecule is Cl.O=C(O)[C@@H]1C[C@H](O)C[C@H](CCc2ccccc2)N1. The molecule has 3 N–H and O–H groups in total. The fraction of sp³-hybridized carbons (Fsp3) is 0.500. The van der Waals surface area contributed by atoms with E-state index in [1.165, 1.54) is 5.56 Å². The number of hydrogen-bond acceptors (Lipinski definition) is 3. The number of carbonyl (C=O) groups is 1. The number of carboxylic acids is 1. The molecule has 0 unspecified atom stereocenters. The third-order valence-electron chi connectivity index (χ3n) is 3.42. The van der Waals surface area contributed by atoms with E-state index < -0.39 is 18.1 Å². The van der Waals surface area contributed by atoms with E-state index in [9.17, 15) is 9.90 Å². The molecule has 4 nitrogen and oxygen atoms in total. The highest BCUT2D eigenvalue weighted by atomic mass is 35.5. The lowest BCUT2D eigenvalue weighted by atomic mass is 9.92. The van der Waals surface area contributed by atoms with Crippen molar-refractivity contribution in [3.05, 3.63) is 35.9 Å². The summed E-state index contributed by atoms with van der Waals surface area (Å²) in [4.78, 5) is 10.9. The molecule has 1 aromatic rings. The van der Waals surface area contributed by atoms with E-state index in [2.05, 4.69) is 17.4 Å². The van der Waals surface area contributed by atoms with Gasteiger partial charge < -0.3 is 15.5 Å². The van der Waals surface area contributed by atoms with E-state index in [-0.39, 0.29) is 18.4 Å². The molecule has 0 amide bonds. The number of nitrogens with one attached hydrogen (secondary N) is 1. The number of carboxylic acid groups (broad SMARTS) is 1. The van der Waals surface area contributed by atoms with Gasteiger partial charge in [-0.3, -0.25) is 4.79 Å². The normalized spacial score (nSPS) is 26.5. The first-order valence-electron chi connectivity index (χ1n) is 6.36. The molecule has 0 saturated carbocycles. The molecule has 0 aliphatic carbocycles. The van der Waals surface area contributed by atoms with Crippen molar-refractivity contribution in [3.63, 3.8) is 0 Å². The second-order valence-electron chi connectivity index (χ2n) is 4.90. The Bertz CT molecular complexity index is 399. The summed E-state index contributed by atoms with van der Waals surface area (Å²) in [6.07, 6.45) is 2.18. The summed E-state index contributed by atoms with van der Waals surface area (Å²) in [5, 5.41) is 21.8. The molecule has 2 rings (SSSR count). The highest BCUT2D eigenvalue weighted by Crippen LogP contribution is 2.18. The maximum absolute atomic E-state index is 10.9. The Morgan fingerprint density at radius 1 is 1.26 bits per heavy atom. The van der Waals surface area contributed by atoms with Crippen LogP contribution < -0.4 is 5.32 Å². The number of aliphatic hydroxyl groups excluding tert-OH is 1. The molecule has 1 aromatic carbocycles. The molecule has 5 heteroatoms. The van der Waals surface area contributed by atoms with Gasteiger partial charge in [0.15, 0.2) is 0 Å². The summed E-state index contributed by atoms with van der Waals surface area (Å²) >= 11 is 0. The third-order valence-corrected chi connectivity index (χ3v) is 3.42. The summed E-state index contributed by atoms with van der Waals surface area (Å²) in [6.45, 7) is 0. The van der Waals surface area contributed by atoms with Crippen LogP contribution >= 0.6 is 12.4 Å². The van der Waals surface area contributed by atoms with Crippen molar-refractivity contribution < 1.29 is 15.0 Å². The molecule has 1 saturated heterocycles. The van der Waals surface area contributed by atoms with Crippen LogP contribution in [0.25, 0.3) is 0 Å². The van der Waals surface area contributed by atoms with Crippen molar-refractivity contribution in [1.82, 2.24) is 5.32 Å². The minimum absolute atomic E-state index is 0. The van der Waals surface area contributed by atoms with E-state index in [1.54, 1.807) is 0 Å². The number of piperidine rings is 1. The molecule has 0 spiro atoms. The molecule has 19 heavy (non-hydrogen) atoms. The molecular formula is C14H20ClNO3. The zero-order valence-corrected chi connectivity index (χ0v) is 11.5. The van der Waals surface area contributed by atoms with Gasteiger partial charge in [-0.05, 0) is 31.2 Å². The summed E-state index contributed by atoms with van der Waals surface area (Å²) in [7, 11) is 0. The molecule has 1 aliphatic heterocycles. The summed E-state index contributed by atoms with van der Waals surface area (Å²) < 4.78 is 0. The minimum Gasteiger partial charge on any atom is -0.480 e. The topological polar surface area (TPSA) is 69.6 Å². The number of hydrogen-bond donors (Lipinski definition) is 3. The smallest absolute Gasteiger partial charge is 0.320 e. The van der Waals surface area contributed by atoms with Gasteiger partial charge in [-0.25, -0.2) is 0 Å². The fourth-order valence-electron chi connectivity index (χ4n) is 2.48. The summed E-state index contributed by atoms with van der Waals surface area (Å²) in [5.74, 6) is -0.876. The van der Waals surface area contributed by atoms with E-state index in [1.807, 2.05) is 18.2 Å². The van der Waals surface area contributed by atoms with Crippen molar-refractivity contribution in [2.45, 2.75) is 43.9 Å². The number of rotatable bonds is 4. The summed E-state index contributed by atoms with van der Waals surface area (Å²) in [5.41, 5.74) is 1.24. The van der Waals surface area contributed by atoms with Gasteiger partial charge in [0.25, 0.3) is 0 Å². The van der Waals surface area contributed by atoms with Crippen molar-refractivity contribution in [3.8, 4) is 0 Å². The monoisotopic (exact) mass is 285 g/mol. The van der Waals surface area contributed by atoms with Gasteiger partial charge in [-0.15, -0.1) is 12.4 Å². The number of benzene rings is 1. The predicted molar refractivity (Wildman–Crippen MR) is 75.6 cm³/mol. The van der Waals surface area contributed by atoms with Crippen molar-refractivity contribution in [2.24, 2.45) is 0 Å². The molecular weight excluding hydrogens is 266 g/mol. The van der Waals surface area contributed by atoms with Crippen molar-refractivity contribution >= 4 is 18.4 Å². The standard InChI is InChI=1S/C14H19NO3.ClH/c16-12-8-11(15-13(9-12)14(17)18)7-6-10-4-2-1-3-5-10;/h1-5,11-13,15-16H,6-9H2,(H,17,18);1H/t11-,12+,13-;/m0./s1. The third kappa shape index (κ3) is 4.82. The second kappa shape index (κ2) is 7.48. The van der Waals surface area contributed by atoms with E-state index >= 15 is 0 Å². The average Bonchev–Trinajstić information content (AvgIpc) is 2.37. The predicted octanol–water partition coefficient (Wildman–Crippen LogP) is 1.61. The van der Waals surface area contributed by atoms with Crippen LogP contribution in [0.3, 0.4) is 0 Å². The zero-order chi connectivity index (χ0) is 13.0. The second-order valence-corrected chi connectivity index (χ2v) is 4.90. The van der Waals surface area contributed by atoms with Crippen LogP contribution in [0, 0.1) is 0 Å². The van der Waals surface area contributed by atoms with Gasteiger partial charge in [0.1, 0.15) is 6.04 Å². The molecule has 0 aromatic heterocycles. The number of aliphatic hydroxyl groups is 1. The molecule has 1 aliphatic rings. The fourth-order valence-corrected chi connectivity index (χ4v) is 2.48. The lowest BCUT2D eigenvalue weighted by Crippen LogP contribution is -2.51. The zero-order valence-electron chi connectivity index (χ0n) is 10.7. The van der Waals surface area contributed by atoms with E-state index in [0.717, 1.165) is 12.8 Å². The summed E-state index contributed by atoms with van der Waals surface area (Å²) in [6, 6.07) is 9.57. The highest BCUT2D eigenvalue weighted by molar-refractivity contribution is 5.85. The first-order valence-corrected chi connectivity index (χ1v) is 6.36. The first kappa shape index (κ1) is 16.0. The highest BCUT2D eigenvalue weighted by Gasteiger charge is 2.30. The molecule has 106 valence electrons. The van der Waals surface area contributed by atoms with Crippen molar-refractivity contribution in [1.29, 1.82) is 0 Å². The Hall–Kier alpha value is -1.10. The van der Waals surface area contributed by atoms with E-state index in [0.29, 0.717) is 12.8 Å². The molecule has 1 heterocycles. The number of aryl methyl sites for hydroxylation is 1. The Balaban J connectivity index is 0.00000180. The lowest BCUT2D eigenvalue weighted by molar-refractivity contribution is -0.141. The Labute approximate surface area is 119 Å². The van der Waals surface area contributed by atoms with Crippen LogP contribution in [0.15, 0.2) is 30.3 Å². The quantitative estimate of drug-likeness (QED) is 0.786. The van der Waals surface area contributed by atoms with Gasteiger partial charge >= 0.3 is 5.97 Å². The van der Waals surface area contributed by atoms with Gasteiger partial charge in [-0.1, -0.05) is 30.3 Å². The lowest BCUT2D eigenvalue weighted by Gasteiger charge is -2.32. The molecule has 3 atom stereocenters. The average molecular weight is 286 g/mol. The number of halogens is 1. The Morgan fingerprint density at radius 2 is 1.95 bits per heavy atom. The Kier molecular flexibility index (Phi) is 6.28. The van der Waals surface area contributed by atoms with Crippen LogP contribution in [0.4, 0.5) is 0 Å². The molecule has 1 fully saturated rings. The Morgan fingerprint density at radius 3 is 2.58 bits per heavy atom. The minimum atomic E-state index is -0.876. The largest absolute Gasteiger partial charge is 0.480 e. The first-order chi connectivity index (χ1) is 8.65. The van der Waals surface area contributed by atoms with E-state index in [4.69, 9.17) is 5.11 Å². The van der Waals surface area contributed by atoms with Crippen LogP contribution in [0.1, 0.15) is 24.8 Å². The van der Waals surface area contributed by atoms with Crippen LogP contribution in [-0.2, 0) is 11.2 Å².